The summed E-state index contributed by atoms with van der Waals surface area (Å²) in [5.41, 5.74) is 0. The van der Waals surface area contributed by atoms with Gasteiger partial charge in [0.1, 0.15) is 0 Å². The molecular weight excluding hydrogens is 325 g/mol. The minimum atomic E-state index is -4.62. The molecule has 8 heteroatoms. The number of amides is 1. The molecule has 0 bridgehead atoms. The van der Waals surface area contributed by atoms with Crippen LogP contribution in [0.15, 0.2) is 17.1 Å². The Kier molecular flexibility index (Phi) is 13.8. The number of aliphatic imine (C=N–C) groups is 1. The number of carbonyl (C=O) groups excluding carboxylic acids is 2. The SMILES string of the molecule is CC/C=C\C=NC.CCN(CC(C)C)C(=O)C(=O)OCC(F)(F)F. The van der Waals surface area contributed by atoms with Crippen LogP contribution in [0.5, 0.6) is 0 Å². The minimum Gasteiger partial charge on any atom is -0.449 e. The lowest BCUT2D eigenvalue weighted by Gasteiger charge is -2.21. The summed E-state index contributed by atoms with van der Waals surface area (Å²) in [4.78, 5) is 27.4. The zero-order chi connectivity index (χ0) is 19.2. The minimum absolute atomic E-state index is 0.120. The number of hydrogen-bond donors (Lipinski definition) is 0. The molecule has 0 saturated carbocycles. The predicted molar refractivity (Wildman–Crippen MR) is 88.0 cm³/mol. The van der Waals surface area contributed by atoms with E-state index < -0.39 is 24.7 Å². The second kappa shape index (κ2) is 13.6. The molecule has 5 nitrogen and oxygen atoms in total. The molecule has 0 unspecified atom stereocenters. The van der Waals surface area contributed by atoms with E-state index in [1.54, 1.807) is 20.2 Å². The largest absolute Gasteiger partial charge is 0.449 e. The molecule has 0 rings (SSSR count). The Labute approximate surface area is 141 Å². The molecule has 0 aliphatic heterocycles. The predicted octanol–water partition coefficient (Wildman–Crippen LogP) is 3.25. The van der Waals surface area contributed by atoms with Crippen molar-refractivity contribution < 1.29 is 27.5 Å². The fourth-order valence-corrected chi connectivity index (χ4v) is 1.42. The molecule has 0 atom stereocenters. The Morgan fingerprint density at radius 2 is 1.83 bits per heavy atom. The molecule has 1 amide bonds. The quantitative estimate of drug-likeness (QED) is 0.419. The molecule has 24 heavy (non-hydrogen) atoms. The van der Waals surface area contributed by atoms with Crippen molar-refractivity contribution in [2.45, 2.75) is 40.3 Å². The normalized spacial score (nSPS) is 11.5. The van der Waals surface area contributed by atoms with Crippen molar-refractivity contribution in [2.75, 3.05) is 26.7 Å². The van der Waals surface area contributed by atoms with Gasteiger partial charge in [-0.2, -0.15) is 13.2 Å². The van der Waals surface area contributed by atoms with Crippen LogP contribution in [-0.2, 0) is 14.3 Å². The van der Waals surface area contributed by atoms with Crippen LogP contribution < -0.4 is 0 Å². The van der Waals surface area contributed by atoms with Crippen molar-refractivity contribution in [1.82, 2.24) is 4.90 Å². The second-order valence-electron chi connectivity index (χ2n) is 5.17. The van der Waals surface area contributed by atoms with E-state index in [4.69, 9.17) is 0 Å². The van der Waals surface area contributed by atoms with E-state index in [0.29, 0.717) is 6.54 Å². The van der Waals surface area contributed by atoms with E-state index in [1.807, 2.05) is 19.9 Å². The van der Waals surface area contributed by atoms with E-state index >= 15 is 0 Å². The van der Waals surface area contributed by atoms with Crippen LogP contribution in [-0.4, -0.2) is 55.9 Å². The lowest BCUT2D eigenvalue weighted by molar-refractivity contribution is -0.189. The van der Waals surface area contributed by atoms with Gasteiger partial charge in [0.2, 0.25) is 0 Å². The van der Waals surface area contributed by atoms with Gasteiger partial charge in [-0.3, -0.25) is 9.79 Å². The molecule has 0 aromatic carbocycles. The van der Waals surface area contributed by atoms with Crippen LogP contribution >= 0.6 is 0 Å². The number of hydrogen-bond acceptors (Lipinski definition) is 4. The molecule has 0 aliphatic carbocycles. The van der Waals surface area contributed by atoms with Gasteiger partial charge in [-0.05, 0) is 25.3 Å². The first-order valence-corrected chi connectivity index (χ1v) is 7.69. The molecule has 0 radical (unpaired) electrons. The Morgan fingerprint density at radius 3 is 2.21 bits per heavy atom. The highest BCUT2D eigenvalue weighted by Gasteiger charge is 2.32. The average molecular weight is 352 g/mol. The highest BCUT2D eigenvalue weighted by Crippen LogP contribution is 2.14. The number of rotatable bonds is 6. The highest BCUT2D eigenvalue weighted by molar-refractivity contribution is 6.32. The molecule has 0 heterocycles. The monoisotopic (exact) mass is 352 g/mol. The smallest absolute Gasteiger partial charge is 0.422 e. The van der Waals surface area contributed by atoms with Gasteiger partial charge in [-0.1, -0.05) is 26.8 Å². The third-order valence-electron chi connectivity index (χ3n) is 2.40. The van der Waals surface area contributed by atoms with E-state index in [9.17, 15) is 22.8 Å². The van der Waals surface area contributed by atoms with Gasteiger partial charge in [0.05, 0.1) is 0 Å². The summed E-state index contributed by atoms with van der Waals surface area (Å²) in [5.74, 6) is -2.38. The van der Waals surface area contributed by atoms with Gasteiger partial charge >= 0.3 is 18.1 Å². The van der Waals surface area contributed by atoms with Crippen LogP contribution in [0.3, 0.4) is 0 Å². The fourth-order valence-electron chi connectivity index (χ4n) is 1.42. The van der Waals surface area contributed by atoms with Gasteiger partial charge in [-0.25, -0.2) is 4.79 Å². The zero-order valence-electron chi connectivity index (χ0n) is 14.9. The molecule has 0 aromatic rings. The summed E-state index contributed by atoms with van der Waals surface area (Å²) in [6, 6.07) is 0. The van der Waals surface area contributed by atoms with Crippen molar-refractivity contribution in [3.63, 3.8) is 0 Å². The van der Waals surface area contributed by atoms with Crippen LogP contribution in [0.25, 0.3) is 0 Å². The van der Waals surface area contributed by atoms with Crippen molar-refractivity contribution in [2.24, 2.45) is 10.9 Å². The van der Waals surface area contributed by atoms with Gasteiger partial charge in [0.15, 0.2) is 6.61 Å². The number of alkyl halides is 3. The van der Waals surface area contributed by atoms with Crippen LogP contribution in [0, 0.1) is 5.92 Å². The summed E-state index contributed by atoms with van der Waals surface area (Å²) >= 11 is 0. The first-order chi connectivity index (χ1) is 11.1. The Morgan fingerprint density at radius 1 is 1.25 bits per heavy atom. The van der Waals surface area contributed by atoms with Crippen molar-refractivity contribution in [1.29, 1.82) is 0 Å². The standard InChI is InChI=1S/C10H16F3NO3.C6H11N/c1-4-14(5-7(2)3)8(15)9(16)17-6-10(11,12)13;1-3-4-5-6-7-2/h7H,4-6H2,1-3H3;4-6H,3H2,1-2H3/b;5-4-,7-6?. The van der Waals surface area contributed by atoms with Crippen molar-refractivity contribution in [3.05, 3.63) is 12.2 Å². The van der Waals surface area contributed by atoms with Crippen molar-refractivity contribution in [3.8, 4) is 0 Å². The molecule has 140 valence electrons. The molecule has 0 aliphatic rings. The summed E-state index contributed by atoms with van der Waals surface area (Å²) in [7, 11) is 1.76. The van der Waals surface area contributed by atoms with Crippen LogP contribution in [0.1, 0.15) is 34.1 Å². The van der Waals surface area contributed by atoms with E-state index in [1.165, 1.54) is 0 Å². The first-order valence-electron chi connectivity index (χ1n) is 7.69. The van der Waals surface area contributed by atoms with Gasteiger partial charge < -0.3 is 9.64 Å². The highest BCUT2D eigenvalue weighted by atomic mass is 19.4. The van der Waals surface area contributed by atoms with Crippen LogP contribution in [0.4, 0.5) is 13.2 Å². The summed E-state index contributed by atoms with van der Waals surface area (Å²) < 4.78 is 39.2. The fraction of sp³-hybridized carbons (Fsp3) is 0.688. The number of likely N-dealkylation sites (N-methyl/N-ethyl adjacent to an activating group) is 1. The summed E-state index contributed by atoms with van der Waals surface area (Å²) in [5, 5.41) is 0. The molecule has 0 fully saturated rings. The Balaban J connectivity index is 0. The van der Waals surface area contributed by atoms with Gasteiger partial charge in [-0.15, -0.1) is 0 Å². The number of ether oxygens (including phenoxy) is 1. The number of carbonyl (C=O) groups is 2. The Hall–Kier alpha value is -1.86. The maximum absolute atomic E-state index is 11.8. The summed E-state index contributed by atoms with van der Waals surface area (Å²) in [6.07, 6.45) is 2.26. The molecule has 0 saturated heterocycles. The lowest BCUT2D eigenvalue weighted by atomic mass is 10.2. The third-order valence-corrected chi connectivity index (χ3v) is 2.40. The second-order valence-corrected chi connectivity index (χ2v) is 5.17. The van der Waals surface area contributed by atoms with E-state index in [-0.39, 0.29) is 12.5 Å². The van der Waals surface area contributed by atoms with Gasteiger partial charge in [0.25, 0.3) is 0 Å². The number of allylic oxidation sites excluding steroid dienone is 2. The molecule has 0 N–H and O–H groups in total. The van der Waals surface area contributed by atoms with Crippen LogP contribution in [0.2, 0.25) is 0 Å². The number of esters is 1. The summed E-state index contributed by atoms with van der Waals surface area (Å²) in [6.45, 7) is 6.21. The maximum Gasteiger partial charge on any atom is 0.422 e. The topological polar surface area (TPSA) is 59.0 Å². The molecule has 0 aromatic heterocycles. The Bertz CT molecular complexity index is 419. The molecule has 0 spiro atoms. The van der Waals surface area contributed by atoms with Gasteiger partial charge in [0, 0.05) is 26.4 Å². The zero-order valence-corrected chi connectivity index (χ0v) is 14.9. The van der Waals surface area contributed by atoms with E-state index in [2.05, 4.69) is 22.7 Å². The average Bonchev–Trinajstić information content (AvgIpc) is 2.49. The number of nitrogens with zero attached hydrogens (tertiary/aromatic N) is 2. The van der Waals surface area contributed by atoms with Crippen molar-refractivity contribution >= 4 is 18.1 Å². The first kappa shape index (κ1) is 24.4. The maximum atomic E-state index is 11.8. The number of halogens is 3. The van der Waals surface area contributed by atoms with E-state index in [0.717, 1.165) is 11.3 Å². The lowest BCUT2D eigenvalue weighted by Crippen LogP contribution is -2.40. The third kappa shape index (κ3) is 15.1. The molecular formula is C16H27F3N2O3.